The molecule has 1 aromatic heterocycles. The highest BCUT2D eigenvalue weighted by atomic mass is 16.5. The van der Waals surface area contributed by atoms with E-state index in [1.807, 2.05) is 24.3 Å². The average Bonchev–Trinajstić information content (AvgIpc) is 3.11. The van der Waals surface area contributed by atoms with Crippen LogP contribution in [0.15, 0.2) is 54.7 Å². The lowest BCUT2D eigenvalue weighted by atomic mass is 10.2. The molecule has 3 aromatic rings. The third-order valence-corrected chi connectivity index (χ3v) is 4.32. The van der Waals surface area contributed by atoms with E-state index >= 15 is 0 Å². The molecule has 2 heterocycles. The maximum Gasteiger partial charge on any atom is 0.244 e. The number of benzene rings is 2. The number of hydrogen-bond acceptors (Lipinski definition) is 6. The Bertz CT molecular complexity index is 866. The Morgan fingerprint density at radius 3 is 2.80 bits per heavy atom. The average molecular weight is 333 g/mol. The zero-order chi connectivity index (χ0) is 17.1. The highest BCUT2D eigenvalue weighted by molar-refractivity contribution is 5.67. The standard InChI is InChI=1S/C19H19N5O/c1-25-16-8-6-14(7-9-16)12-20-19-22-18(13-21-23-19)24-11-10-15-4-2-3-5-17(15)24/h2-9,13H,10-12H2,1H3,(H,20,22,23). The van der Waals surface area contributed by atoms with Crippen LogP contribution in [0.5, 0.6) is 5.75 Å². The Balaban J connectivity index is 1.48. The lowest BCUT2D eigenvalue weighted by Gasteiger charge is -2.18. The van der Waals surface area contributed by atoms with Crippen molar-refractivity contribution in [1.29, 1.82) is 0 Å². The summed E-state index contributed by atoms with van der Waals surface area (Å²) in [7, 11) is 1.66. The fourth-order valence-corrected chi connectivity index (χ4v) is 3.00. The van der Waals surface area contributed by atoms with Gasteiger partial charge in [-0.3, -0.25) is 0 Å². The van der Waals surface area contributed by atoms with E-state index in [0.717, 1.165) is 30.1 Å². The third-order valence-electron chi connectivity index (χ3n) is 4.32. The van der Waals surface area contributed by atoms with Crippen molar-refractivity contribution in [2.45, 2.75) is 13.0 Å². The van der Waals surface area contributed by atoms with Crippen LogP contribution >= 0.6 is 0 Å². The first-order valence-corrected chi connectivity index (χ1v) is 8.25. The van der Waals surface area contributed by atoms with Crippen LogP contribution in [0.1, 0.15) is 11.1 Å². The topological polar surface area (TPSA) is 63.2 Å². The third kappa shape index (κ3) is 3.24. The Morgan fingerprint density at radius 2 is 1.96 bits per heavy atom. The van der Waals surface area contributed by atoms with Crippen LogP contribution in [0.2, 0.25) is 0 Å². The van der Waals surface area contributed by atoms with E-state index in [9.17, 15) is 0 Å². The number of ether oxygens (including phenoxy) is 1. The lowest BCUT2D eigenvalue weighted by molar-refractivity contribution is 0.414. The summed E-state index contributed by atoms with van der Waals surface area (Å²) in [5.74, 6) is 2.19. The molecule has 25 heavy (non-hydrogen) atoms. The van der Waals surface area contributed by atoms with Crippen LogP contribution in [-0.4, -0.2) is 28.8 Å². The molecular weight excluding hydrogens is 314 g/mol. The number of nitrogens with one attached hydrogen (secondary N) is 1. The Hall–Kier alpha value is -3.15. The van der Waals surface area contributed by atoms with Gasteiger partial charge < -0.3 is 15.0 Å². The van der Waals surface area contributed by atoms with E-state index < -0.39 is 0 Å². The minimum Gasteiger partial charge on any atom is -0.497 e. The number of hydrogen-bond donors (Lipinski definition) is 1. The number of fused-ring (bicyclic) bond motifs is 1. The molecule has 1 aliphatic rings. The summed E-state index contributed by atoms with van der Waals surface area (Å²) < 4.78 is 5.17. The first-order valence-electron chi connectivity index (χ1n) is 8.25. The normalized spacial score (nSPS) is 12.8. The molecule has 0 saturated carbocycles. The second-order valence-electron chi connectivity index (χ2n) is 5.87. The van der Waals surface area contributed by atoms with Crippen LogP contribution in [0.4, 0.5) is 17.5 Å². The summed E-state index contributed by atoms with van der Waals surface area (Å²) in [6, 6.07) is 16.3. The van der Waals surface area contributed by atoms with Crippen LogP contribution < -0.4 is 15.0 Å². The van der Waals surface area contributed by atoms with Crippen molar-refractivity contribution in [3.05, 3.63) is 65.9 Å². The summed E-state index contributed by atoms with van der Waals surface area (Å²) in [6.07, 6.45) is 2.73. The zero-order valence-corrected chi connectivity index (χ0v) is 14.0. The molecule has 0 spiro atoms. The number of anilines is 3. The molecule has 2 aromatic carbocycles. The van der Waals surface area contributed by atoms with Gasteiger partial charge in [0.2, 0.25) is 5.95 Å². The van der Waals surface area contributed by atoms with E-state index in [1.165, 1.54) is 11.3 Å². The molecule has 0 radical (unpaired) electrons. The Morgan fingerprint density at radius 1 is 1.12 bits per heavy atom. The summed E-state index contributed by atoms with van der Waals surface area (Å²) >= 11 is 0. The fraction of sp³-hybridized carbons (Fsp3) is 0.211. The van der Waals surface area contributed by atoms with Gasteiger partial charge in [0.05, 0.1) is 13.3 Å². The lowest BCUT2D eigenvalue weighted by Crippen LogP contribution is -2.16. The zero-order valence-electron chi connectivity index (χ0n) is 14.0. The number of rotatable bonds is 5. The molecule has 0 saturated heterocycles. The second-order valence-corrected chi connectivity index (χ2v) is 5.87. The van der Waals surface area contributed by atoms with Crippen molar-refractivity contribution in [2.24, 2.45) is 0 Å². The molecule has 0 amide bonds. The van der Waals surface area contributed by atoms with Gasteiger partial charge in [0.25, 0.3) is 0 Å². The van der Waals surface area contributed by atoms with Gasteiger partial charge >= 0.3 is 0 Å². The van der Waals surface area contributed by atoms with Crippen molar-refractivity contribution in [1.82, 2.24) is 15.2 Å². The smallest absolute Gasteiger partial charge is 0.244 e. The molecule has 6 nitrogen and oxygen atoms in total. The molecular formula is C19H19N5O. The van der Waals surface area contributed by atoms with Gasteiger partial charge in [-0.05, 0) is 35.7 Å². The van der Waals surface area contributed by atoms with Crippen LogP contribution in [0.25, 0.3) is 0 Å². The first kappa shape index (κ1) is 15.4. The van der Waals surface area contributed by atoms with E-state index in [1.54, 1.807) is 13.3 Å². The van der Waals surface area contributed by atoms with Crippen molar-refractivity contribution < 1.29 is 4.74 Å². The predicted molar refractivity (Wildman–Crippen MR) is 97.3 cm³/mol. The van der Waals surface area contributed by atoms with Gasteiger partial charge in [-0.25, -0.2) is 0 Å². The summed E-state index contributed by atoms with van der Waals surface area (Å²) in [5, 5.41) is 11.4. The van der Waals surface area contributed by atoms with Gasteiger partial charge in [-0.1, -0.05) is 30.3 Å². The summed E-state index contributed by atoms with van der Waals surface area (Å²) in [6.45, 7) is 1.54. The van der Waals surface area contributed by atoms with Gasteiger partial charge in [-0.2, -0.15) is 10.1 Å². The number of para-hydroxylation sites is 1. The van der Waals surface area contributed by atoms with Crippen molar-refractivity contribution in [3.8, 4) is 5.75 Å². The number of methoxy groups -OCH3 is 1. The van der Waals surface area contributed by atoms with Crippen molar-refractivity contribution in [3.63, 3.8) is 0 Å². The maximum atomic E-state index is 5.17. The van der Waals surface area contributed by atoms with Gasteiger partial charge in [0.15, 0.2) is 5.82 Å². The van der Waals surface area contributed by atoms with E-state index in [4.69, 9.17) is 4.74 Å². The molecule has 1 N–H and O–H groups in total. The minimum atomic E-state index is 0.526. The monoisotopic (exact) mass is 333 g/mol. The highest BCUT2D eigenvalue weighted by Crippen LogP contribution is 2.32. The van der Waals surface area contributed by atoms with E-state index in [2.05, 4.69) is 49.7 Å². The van der Waals surface area contributed by atoms with E-state index in [0.29, 0.717) is 12.5 Å². The molecule has 0 aliphatic carbocycles. The Labute approximate surface area is 146 Å². The molecule has 0 atom stereocenters. The molecule has 0 unspecified atom stereocenters. The highest BCUT2D eigenvalue weighted by Gasteiger charge is 2.21. The van der Waals surface area contributed by atoms with Gasteiger partial charge in [-0.15, -0.1) is 5.10 Å². The quantitative estimate of drug-likeness (QED) is 0.774. The number of nitrogens with zero attached hydrogens (tertiary/aromatic N) is 4. The Kier molecular flexibility index (Phi) is 4.16. The summed E-state index contributed by atoms with van der Waals surface area (Å²) in [5.41, 5.74) is 3.67. The molecule has 0 fully saturated rings. The molecule has 6 heteroatoms. The maximum absolute atomic E-state index is 5.17. The fourth-order valence-electron chi connectivity index (χ4n) is 3.00. The first-order chi connectivity index (χ1) is 12.3. The molecule has 4 rings (SSSR count). The van der Waals surface area contributed by atoms with Crippen LogP contribution in [0.3, 0.4) is 0 Å². The predicted octanol–water partition coefficient (Wildman–Crippen LogP) is 3.19. The van der Waals surface area contributed by atoms with E-state index in [-0.39, 0.29) is 0 Å². The summed E-state index contributed by atoms with van der Waals surface area (Å²) in [4.78, 5) is 6.80. The molecule has 1 aliphatic heterocycles. The molecule has 0 bridgehead atoms. The van der Waals surface area contributed by atoms with Gasteiger partial charge in [0.1, 0.15) is 5.75 Å². The second kappa shape index (κ2) is 6.76. The van der Waals surface area contributed by atoms with Crippen LogP contribution in [0, 0.1) is 0 Å². The minimum absolute atomic E-state index is 0.526. The van der Waals surface area contributed by atoms with Crippen LogP contribution in [-0.2, 0) is 13.0 Å². The van der Waals surface area contributed by atoms with Crippen molar-refractivity contribution in [2.75, 3.05) is 23.9 Å². The largest absolute Gasteiger partial charge is 0.497 e. The molecule has 126 valence electrons. The van der Waals surface area contributed by atoms with Gasteiger partial charge in [0, 0.05) is 18.8 Å². The SMILES string of the molecule is COc1ccc(CNc2nncc(N3CCc4ccccc43)n2)cc1. The van der Waals surface area contributed by atoms with Crippen molar-refractivity contribution >= 4 is 17.5 Å². The number of aromatic nitrogens is 3.